The molecule has 0 unspecified atom stereocenters. The molecule has 2 N–H and O–H groups in total. The van der Waals surface area contributed by atoms with Gasteiger partial charge in [-0.3, -0.25) is 4.79 Å². The molecule has 1 aromatic carbocycles. The Hall–Kier alpha value is -1.96. The number of nitrogens with one attached hydrogen (secondary N) is 1. The van der Waals surface area contributed by atoms with Crippen LogP contribution in [0.15, 0.2) is 18.2 Å². The number of rotatable bonds is 5. The molecule has 0 atom stereocenters. The van der Waals surface area contributed by atoms with E-state index >= 15 is 0 Å². The van der Waals surface area contributed by atoms with Gasteiger partial charge in [-0.15, -0.1) is 0 Å². The predicted molar refractivity (Wildman–Crippen MR) is 66.3 cm³/mol. The quantitative estimate of drug-likeness (QED) is 0.838. The predicted octanol–water partition coefficient (Wildman–Crippen LogP) is 0.897. The lowest BCUT2D eigenvalue weighted by atomic mass is 10.1. The number of carboxylic acids is 1. The van der Waals surface area contributed by atoms with Gasteiger partial charge in [-0.25, -0.2) is 17.6 Å². The minimum atomic E-state index is -3.30. The van der Waals surface area contributed by atoms with Crippen LogP contribution in [0, 0.1) is 5.82 Å². The molecule has 1 aromatic rings. The topological polar surface area (TPSA) is 101 Å². The Morgan fingerprint density at radius 3 is 2.53 bits per heavy atom. The summed E-state index contributed by atoms with van der Waals surface area (Å²) in [5, 5.41) is 11.0. The van der Waals surface area contributed by atoms with E-state index in [0.29, 0.717) is 0 Å². The highest BCUT2D eigenvalue weighted by Crippen LogP contribution is 2.17. The number of amides is 1. The zero-order chi connectivity index (χ0) is 14.6. The third kappa shape index (κ3) is 5.04. The Morgan fingerprint density at radius 1 is 1.37 bits per heavy atom. The lowest BCUT2D eigenvalue weighted by Crippen LogP contribution is -2.18. The number of sulfone groups is 1. The van der Waals surface area contributed by atoms with Crippen LogP contribution in [0.25, 0.3) is 0 Å². The van der Waals surface area contributed by atoms with Crippen molar-refractivity contribution < 1.29 is 27.5 Å². The molecule has 0 aliphatic rings. The minimum Gasteiger partial charge on any atom is -0.478 e. The normalized spacial score (nSPS) is 11.1. The van der Waals surface area contributed by atoms with Crippen LogP contribution >= 0.6 is 0 Å². The molecular weight excluding hydrogens is 277 g/mol. The highest BCUT2D eigenvalue weighted by molar-refractivity contribution is 7.90. The Morgan fingerprint density at radius 2 is 2.00 bits per heavy atom. The zero-order valence-corrected chi connectivity index (χ0v) is 10.8. The molecule has 104 valence electrons. The lowest BCUT2D eigenvalue weighted by Gasteiger charge is -2.08. The lowest BCUT2D eigenvalue weighted by molar-refractivity contribution is -0.115. The summed E-state index contributed by atoms with van der Waals surface area (Å²) >= 11 is 0. The summed E-state index contributed by atoms with van der Waals surface area (Å²) in [7, 11) is -3.30. The molecule has 0 radical (unpaired) electrons. The second-order valence-corrected chi connectivity index (χ2v) is 6.18. The summed E-state index contributed by atoms with van der Waals surface area (Å²) in [6, 6.07) is 2.83. The van der Waals surface area contributed by atoms with Gasteiger partial charge in [0.15, 0.2) is 0 Å². The molecule has 0 saturated heterocycles. The summed E-state index contributed by atoms with van der Waals surface area (Å²) in [4.78, 5) is 22.3. The van der Waals surface area contributed by atoms with Crippen molar-refractivity contribution in [2.75, 3.05) is 17.3 Å². The van der Waals surface area contributed by atoms with Crippen LogP contribution < -0.4 is 5.32 Å². The first-order chi connectivity index (χ1) is 8.69. The average Bonchev–Trinajstić information content (AvgIpc) is 2.25. The van der Waals surface area contributed by atoms with E-state index in [4.69, 9.17) is 5.11 Å². The van der Waals surface area contributed by atoms with Crippen LogP contribution in [-0.2, 0) is 14.6 Å². The van der Waals surface area contributed by atoms with Crippen LogP contribution in [0.2, 0.25) is 0 Å². The Kier molecular flexibility index (Phi) is 4.60. The number of halogens is 1. The van der Waals surface area contributed by atoms with Gasteiger partial charge in [0, 0.05) is 12.7 Å². The first kappa shape index (κ1) is 15.1. The third-order valence-corrected chi connectivity index (χ3v) is 3.13. The fraction of sp³-hybridized carbons (Fsp3) is 0.273. The smallest absolute Gasteiger partial charge is 0.337 e. The summed E-state index contributed by atoms with van der Waals surface area (Å²) in [5.41, 5.74) is -0.472. The van der Waals surface area contributed by atoms with E-state index in [1.807, 2.05) is 0 Å². The van der Waals surface area contributed by atoms with Crippen LogP contribution in [0.5, 0.6) is 0 Å². The van der Waals surface area contributed by atoms with Gasteiger partial charge in [0.2, 0.25) is 5.91 Å². The van der Waals surface area contributed by atoms with E-state index in [9.17, 15) is 22.4 Å². The van der Waals surface area contributed by atoms with Gasteiger partial charge in [-0.1, -0.05) is 0 Å². The van der Waals surface area contributed by atoms with Crippen molar-refractivity contribution >= 4 is 27.4 Å². The van der Waals surface area contributed by atoms with Crippen molar-refractivity contribution in [3.63, 3.8) is 0 Å². The second-order valence-electron chi connectivity index (χ2n) is 3.92. The Balaban J connectivity index is 2.84. The third-order valence-electron chi connectivity index (χ3n) is 2.19. The van der Waals surface area contributed by atoms with Crippen molar-refractivity contribution in [2.24, 2.45) is 0 Å². The molecule has 0 saturated carbocycles. The van der Waals surface area contributed by atoms with E-state index in [-0.39, 0.29) is 23.4 Å². The SMILES string of the molecule is CS(=O)(=O)CCC(=O)Nc1cc(F)ccc1C(=O)O. The maximum absolute atomic E-state index is 13.0. The van der Waals surface area contributed by atoms with E-state index in [1.165, 1.54) is 0 Å². The van der Waals surface area contributed by atoms with Gasteiger partial charge in [-0.2, -0.15) is 0 Å². The average molecular weight is 289 g/mol. The number of hydrogen-bond acceptors (Lipinski definition) is 4. The molecule has 19 heavy (non-hydrogen) atoms. The molecule has 0 spiro atoms. The van der Waals surface area contributed by atoms with Gasteiger partial charge >= 0.3 is 5.97 Å². The van der Waals surface area contributed by atoms with Gasteiger partial charge in [0.05, 0.1) is 17.0 Å². The summed E-state index contributed by atoms with van der Waals surface area (Å²) in [6.45, 7) is 0. The van der Waals surface area contributed by atoms with E-state index in [0.717, 1.165) is 24.5 Å². The number of benzene rings is 1. The fourth-order valence-corrected chi connectivity index (χ4v) is 1.85. The summed E-state index contributed by atoms with van der Waals surface area (Å²) in [5.74, 6) is -3.09. The van der Waals surface area contributed by atoms with Crippen LogP contribution in [-0.4, -0.2) is 37.4 Å². The number of aromatic carboxylic acids is 1. The van der Waals surface area contributed by atoms with Crippen molar-refractivity contribution in [1.29, 1.82) is 0 Å². The first-order valence-electron chi connectivity index (χ1n) is 5.19. The molecule has 0 heterocycles. The number of anilines is 1. The summed E-state index contributed by atoms with van der Waals surface area (Å²) in [6.07, 6.45) is 0.652. The van der Waals surface area contributed by atoms with Crippen molar-refractivity contribution in [3.05, 3.63) is 29.6 Å². The van der Waals surface area contributed by atoms with Crippen molar-refractivity contribution in [3.8, 4) is 0 Å². The van der Waals surface area contributed by atoms with Gasteiger partial charge in [-0.05, 0) is 18.2 Å². The standard InChI is InChI=1S/C11H12FNO5S/c1-19(17,18)5-4-10(14)13-9-6-7(12)2-3-8(9)11(15)16/h2-3,6H,4-5H2,1H3,(H,13,14)(H,15,16). The molecule has 1 amide bonds. The second kappa shape index (κ2) is 5.79. The molecule has 0 aromatic heterocycles. The number of carbonyl (C=O) groups is 2. The van der Waals surface area contributed by atoms with Crippen molar-refractivity contribution in [1.82, 2.24) is 0 Å². The van der Waals surface area contributed by atoms with Crippen LogP contribution in [0.4, 0.5) is 10.1 Å². The van der Waals surface area contributed by atoms with Gasteiger partial charge in [0.25, 0.3) is 0 Å². The first-order valence-corrected chi connectivity index (χ1v) is 7.25. The van der Waals surface area contributed by atoms with Gasteiger partial charge < -0.3 is 10.4 Å². The Bertz CT molecular complexity index is 612. The minimum absolute atomic E-state index is 0.203. The summed E-state index contributed by atoms with van der Waals surface area (Å²) < 4.78 is 34.8. The van der Waals surface area contributed by atoms with E-state index in [2.05, 4.69) is 5.32 Å². The van der Waals surface area contributed by atoms with Gasteiger partial charge in [0.1, 0.15) is 15.7 Å². The van der Waals surface area contributed by atoms with Crippen LogP contribution in [0.3, 0.4) is 0 Å². The molecule has 8 heteroatoms. The number of hydrogen-bond donors (Lipinski definition) is 2. The maximum Gasteiger partial charge on any atom is 0.337 e. The largest absolute Gasteiger partial charge is 0.478 e. The van der Waals surface area contributed by atoms with E-state index in [1.54, 1.807) is 0 Å². The number of carboxylic acid groups (broad SMARTS) is 1. The highest BCUT2D eigenvalue weighted by Gasteiger charge is 2.14. The molecule has 0 aliphatic heterocycles. The molecule has 0 fully saturated rings. The number of carbonyl (C=O) groups excluding carboxylic acids is 1. The maximum atomic E-state index is 13.0. The molecule has 0 aliphatic carbocycles. The molecule has 0 bridgehead atoms. The highest BCUT2D eigenvalue weighted by atomic mass is 32.2. The van der Waals surface area contributed by atoms with Crippen LogP contribution in [0.1, 0.15) is 16.8 Å². The monoisotopic (exact) mass is 289 g/mol. The fourth-order valence-electron chi connectivity index (χ4n) is 1.30. The Labute approximate surface area is 109 Å². The zero-order valence-electron chi connectivity index (χ0n) is 10.0. The van der Waals surface area contributed by atoms with Crippen molar-refractivity contribution in [2.45, 2.75) is 6.42 Å². The molecular formula is C11H12FNO5S. The molecule has 6 nitrogen and oxygen atoms in total. The van der Waals surface area contributed by atoms with E-state index < -0.39 is 27.5 Å². The molecule has 1 rings (SSSR count).